The van der Waals surface area contributed by atoms with Crippen LogP contribution in [0.1, 0.15) is 28.2 Å². The fraction of sp³-hybridized carbons (Fsp3) is 0.286. The van der Waals surface area contributed by atoms with Crippen molar-refractivity contribution in [3.05, 3.63) is 46.2 Å². The van der Waals surface area contributed by atoms with E-state index in [4.69, 9.17) is 11.6 Å². The lowest BCUT2D eigenvalue weighted by molar-refractivity contribution is 0.102. The molecule has 1 N–H and O–H groups in total. The number of carbonyl (C=O) groups excluding carboxylic acids is 1. The first kappa shape index (κ1) is 12.2. The number of aryl methyl sites for hydroxylation is 1. The third kappa shape index (κ3) is 2.12. The lowest BCUT2D eigenvalue weighted by Crippen LogP contribution is -2.15. The number of hydrogen-bond donors (Lipinski definition) is 1. The van der Waals surface area contributed by atoms with E-state index in [1.165, 1.54) is 5.69 Å². The molecule has 1 aliphatic carbocycles. The Morgan fingerprint density at radius 3 is 2.95 bits per heavy atom. The molecule has 0 radical (unpaired) electrons. The van der Waals surface area contributed by atoms with Crippen LogP contribution in [0.15, 0.2) is 24.3 Å². The van der Waals surface area contributed by atoms with Crippen LogP contribution in [-0.4, -0.2) is 15.7 Å². The van der Waals surface area contributed by atoms with E-state index < -0.39 is 0 Å². The van der Waals surface area contributed by atoms with E-state index in [1.54, 1.807) is 12.1 Å². The molecule has 1 amide bonds. The van der Waals surface area contributed by atoms with Gasteiger partial charge >= 0.3 is 0 Å². The van der Waals surface area contributed by atoms with Crippen molar-refractivity contribution in [2.45, 2.75) is 19.3 Å². The maximum Gasteiger partial charge on any atom is 0.276 e. The normalized spacial score (nSPS) is 13.4. The minimum Gasteiger partial charge on any atom is -0.319 e. The van der Waals surface area contributed by atoms with E-state index >= 15 is 0 Å². The largest absolute Gasteiger partial charge is 0.319 e. The number of nitrogens with one attached hydrogen (secondary N) is 1. The Kier molecular flexibility index (Phi) is 3.03. The predicted octanol–water partition coefficient (Wildman–Crippen LogP) is 2.81. The highest BCUT2D eigenvalue weighted by Gasteiger charge is 2.25. The molecule has 1 heterocycles. The average Bonchev–Trinajstić information content (AvgIpc) is 2.97. The summed E-state index contributed by atoms with van der Waals surface area (Å²) in [6, 6.07) is 7.20. The minimum atomic E-state index is -0.188. The first-order chi connectivity index (χ1) is 9.16. The molecule has 0 spiro atoms. The Balaban J connectivity index is 1.90. The zero-order valence-corrected chi connectivity index (χ0v) is 11.4. The highest BCUT2D eigenvalue weighted by atomic mass is 35.5. The van der Waals surface area contributed by atoms with Gasteiger partial charge < -0.3 is 5.32 Å². The van der Waals surface area contributed by atoms with Crippen molar-refractivity contribution in [2.75, 3.05) is 5.32 Å². The number of para-hydroxylation sites is 1. The van der Waals surface area contributed by atoms with E-state index in [-0.39, 0.29) is 5.91 Å². The monoisotopic (exact) mass is 275 g/mol. The van der Waals surface area contributed by atoms with Crippen molar-refractivity contribution in [1.29, 1.82) is 0 Å². The van der Waals surface area contributed by atoms with Gasteiger partial charge in [0.05, 0.1) is 10.7 Å². The number of rotatable bonds is 2. The SMILES string of the molecule is Cn1nc(C(=O)Nc2ccccc2Cl)c2c1CCC2. The van der Waals surface area contributed by atoms with E-state index in [1.807, 2.05) is 23.9 Å². The van der Waals surface area contributed by atoms with Gasteiger partial charge in [0.25, 0.3) is 5.91 Å². The van der Waals surface area contributed by atoms with Crippen molar-refractivity contribution >= 4 is 23.2 Å². The second-order valence-corrected chi connectivity index (χ2v) is 5.09. The molecule has 0 bridgehead atoms. The third-order valence-electron chi connectivity index (χ3n) is 3.45. The lowest BCUT2D eigenvalue weighted by atomic mass is 10.2. The fourth-order valence-corrected chi connectivity index (χ4v) is 2.72. The Bertz CT molecular complexity index is 648. The van der Waals surface area contributed by atoms with Crippen LogP contribution in [0.3, 0.4) is 0 Å². The van der Waals surface area contributed by atoms with Crippen molar-refractivity contribution in [3.8, 4) is 0 Å². The molecule has 1 aromatic heterocycles. The van der Waals surface area contributed by atoms with Crippen LogP contribution in [0.25, 0.3) is 0 Å². The molecule has 2 aromatic rings. The standard InChI is InChI=1S/C14H14ClN3O/c1-18-12-8-4-5-9(12)13(17-18)14(19)16-11-7-3-2-6-10(11)15/h2-3,6-7H,4-5,8H2,1H3,(H,16,19). The Morgan fingerprint density at radius 1 is 1.37 bits per heavy atom. The molecule has 1 aromatic carbocycles. The summed E-state index contributed by atoms with van der Waals surface area (Å²) in [6.07, 6.45) is 3.01. The highest BCUT2D eigenvalue weighted by Crippen LogP contribution is 2.26. The molecule has 0 saturated carbocycles. The molecule has 19 heavy (non-hydrogen) atoms. The van der Waals surface area contributed by atoms with Gasteiger partial charge in [-0.3, -0.25) is 9.48 Å². The first-order valence-corrected chi connectivity index (χ1v) is 6.65. The number of aromatic nitrogens is 2. The summed E-state index contributed by atoms with van der Waals surface area (Å²) in [4.78, 5) is 12.3. The van der Waals surface area contributed by atoms with Crippen molar-refractivity contribution in [2.24, 2.45) is 7.05 Å². The molecule has 3 rings (SSSR count). The van der Waals surface area contributed by atoms with Gasteiger partial charge in [0.15, 0.2) is 5.69 Å². The van der Waals surface area contributed by atoms with Gasteiger partial charge in [0, 0.05) is 18.3 Å². The smallest absolute Gasteiger partial charge is 0.276 e. The number of anilines is 1. The van der Waals surface area contributed by atoms with Gasteiger partial charge in [-0.15, -0.1) is 0 Å². The fourth-order valence-electron chi connectivity index (χ4n) is 2.54. The number of amides is 1. The predicted molar refractivity (Wildman–Crippen MR) is 74.6 cm³/mol. The molecule has 1 aliphatic rings. The molecule has 0 aliphatic heterocycles. The molecule has 4 nitrogen and oxygen atoms in total. The van der Waals surface area contributed by atoms with Crippen LogP contribution < -0.4 is 5.32 Å². The Morgan fingerprint density at radius 2 is 2.16 bits per heavy atom. The van der Waals surface area contributed by atoms with Gasteiger partial charge in [0.1, 0.15) is 0 Å². The number of nitrogens with zero attached hydrogens (tertiary/aromatic N) is 2. The molecule has 0 atom stereocenters. The van der Waals surface area contributed by atoms with Crippen molar-refractivity contribution in [3.63, 3.8) is 0 Å². The van der Waals surface area contributed by atoms with Crippen LogP contribution in [0.5, 0.6) is 0 Å². The van der Waals surface area contributed by atoms with Gasteiger partial charge in [-0.05, 0) is 31.4 Å². The van der Waals surface area contributed by atoms with Crippen molar-refractivity contribution in [1.82, 2.24) is 9.78 Å². The number of hydrogen-bond acceptors (Lipinski definition) is 2. The maximum absolute atomic E-state index is 12.3. The topological polar surface area (TPSA) is 46.9 Å². The summed E-state index contributed by atoms with van der Waals surface area (Å²) in [5.74, 6) is -0.188. The molecular formula is C14H14ClN3O. The maximum atomic E-state index is 12.3. The highest BCUT2D eigenvalue weighted by molar-refractivity contribution is 6.33. The molecule has 0 fully saturated rings. The second-order valence-electron chi connectivity index (χ2n) is 4.68. The van der Waals surface area contributed by atoms with Gasteiger partial charge in [0.2, 0.25) is 0 Å². The van der Waals surface area contributed by atoms with Gasteiger partial charge in [-0.25, -0.2) is 0 Å². The number of fused-ring (bicyclic) bond motifs is 1. The van der Waals surface area contributed by atoms with Crippen LogP contribution in [0.2, 0.25) is 5.02 Å². The molecule has 5 heteroatoms. The van der Waals surface area contributed by atoms with Crippen LogP contribution in [-0.2, 0) is 19.9 Å². The molecule has 0 saturated heterocycles. The van der Waals surface area contributed by atoms with E-state index in [0.29, 0.717) is 16.4 Å². The first-order valence-electron chi connectivity index (χ1n) is 6.27. The number of halogens is 1. The summed E-state index contributed by atoms with van der Waals surface area (Å²) in [6.45, 7) is 0. The van der Waals surface area contributed by atoms with Gasteiger partial charge in [-0.2, -0.15) is 5.10 Å². The quantitative estimate of drug-likeness (QED) is 0.916. The zero-order valence-electron chi connectivity index (χ0n) is 10.6. The summed E-state index contributed by atoms with van der Waals surface area (Å²) in [5.41, 5.74) is 3.39. The van der Waals surface area contributed by atoms with Crippen LogP contribution >= 0.6 is 11.6 Å². The van der Waals surface area contributed by atoms with Crippen LogP contribution in [0.4, 0.5) is 5.69 Å². The van der Waals surface area contributed by atoms with Crippen LogP contribution in [0, 0.1) is 0 Å². The second kappa shape index (κ2) is 4.70. The Labute approximate surface area is 116 Å². The van der Waals surface area contributed by atoms with E-state index in [0.717, 1.165) is 24.8 Å². The summed E-state index contributed by atoms with van der Waals surface area (Å²) in [7, 11) is 1.89. The summed E-state index contributed by atoms with van der Waals surface area (Å²) >= 11 is 6.04. The zero-order chi connectivity index (χ0) is 13.4. The lowest BCUT2D eigenvalue weighted by Gasteiger charge is -2.05. The Hall–Kier alpha value is -1.81. The summed E-state index contributed by atoms with van der Waals surface area (Å²) < 4.78 is 1.81. The van der Waals surface area contributed by atoms with E-state index in [9.17, 15) is 4.79 Å². The molecule has 0 unspecified atom stereocenters. The third-order valence-corrected chi connectivity index (χ3v) is 3.78. The minimum absolute atomic E-state index is 0.188. The molecule has 98 valence electrons. The van der Waals surface area contributed by atoms with E-state index in [2.05, 4.69) is 10.4 Å². The number of carbonyl (C=O) groups is 1. The van der Waals surface area contributed by atoms with Crippen molar-refractivity contribution < 1.29 is 4.79 Å². The van der Waals surface area contributed by atoms with Gasteiger partial charge in [-0.1, -0.05) is 23.7 Å². The summed E-state index contributed by atoms with van der Waals surface area (Å²) in [5, 5.41) is 7.67. The average molecular weight is 276 g/mol. The number of benzene rings is 1. The molecular weight excluding hydrogens is 262 g/mol.